The second-order valence-corrected chi connectivity index (χ2v) is 5.07. The number of nitrogen functional groups attached to an aromatic ring is 1. The summed E-state index contributed by atoms with van der Waals surface area (Å²) in [5, 5.41) is 2.71. The first-order chi connectivity index (χ1) is 9.49. The fourth-order valence-corrected chi connectivity index (χ4v) is 1.99. The van der Waals surface area contributed by atoms with Crippen LogP contribution in [-0.4, -0.2) is 9.97 Å². The first kappa shape index (κ1) is 14.6. The number of halogens is 3. The molecule has 0 saturated heterocycles. The van der Waals surface area contributed by atoms with E-state index in [-0.39, 0.29) is 16.0 Å². The molecule has 4 nitrogen and oxygen atoms in total. The maximum absolute atomic E-state index is 13.7. The average Bonchev–Trinajstić information content (AvgIpc) is 2.35. The number of nitrogens with zero attached hydrogens (tertiary/aromatic N) is 2. The summed E-state index contributed by atoms with van der Waals surface area (Å²) in [7, 11) is 0. The minimum absolute atomic E-state index is 0.00810. The molecule has 0 aliphatic rings. The predicted octanol–water partition coefficient (Wildman–Crippen LogP) is 3.80. The van der Waals surface area contributed by atoms with E-state index in [4.69, 9.17) is 5.73 Å². The van der Waals surface area contributed by atoms with Gasteiger partial charge in [0.2, 0.25) is 0 Å². The SMILES string of the molecule is CCCc1nc(N)cc(Nc2cc(F)c(Br)cc2F)n1. The lowest BCUT2D eigenvalue weighted by Gasteiger charge is -2.09. The van der Waals surface area contributed by atoms with E-state index in [1.54, 1.807) is 0 Å². The molecule has 2 aromatic rings. The van der Waals surface area contributed by atoms with Crippen molar-refractivity contribution in [1.29, 1.82) is 0 Å². The second kappa shape index (κ2) is 6.13. The second-order valence-electron chi connectivity index (χ2n) is 4.22. The van der Waals surface area contributed by atoms with Crippen molar-refractivity contribution >= 4 is 33.3 Å². The van der Waals surface area contributed by atoms with E-state index in [0.29, 0.717) is 18.1 Å². The van der Waals surface area contributed by atoms with Crippen LogP contribution in [0.5, 0.6) is 0 Å². The van der Waals surface area contributed by atoms with Crippen LogP contribution < -0.4 is 11.1 Å². The molecule has 20 heavy (non-hydrogen) atoms. The van der Waals surface area contributed by atoms with Crippen LogP contribution in [0.1, 0.15) is 19.2 Å². The number of nitrogens with two attached hydrogens (primary N) is 1. The first-order valence-electron chi connectivity index (χ1n) is 6.04. The van der Waals surface area contributed by atoms with E-state index in [2.05, 4.69) is 31.2 Å². The van der Waals surface area contributed by atoms with Gasteiger partial charge in [-0.1, -0.05) is 6.92 Å². The van der Waals surface area contributed by atoms with Crippen molar-refractivity contribution in [3.05, 3.63) is 40.1 Å². The highest BCUT2D eigenvalue weighted by Gasteiger charge is 2.10. The molecule has 106 valence electrons. The lowest BCUT2D eigenvalue weighted by atomic mass is 10.3. The van der Waals surface area contributed by atoms with Crippen molar-refractivity contribution < 1.29 is 8.78 Å². The summed E-state index contributed by atoms with van der Waals surface area (Å²) in [5.41, 5.74) is 5.66. The van der Waals surface area contributed by atoms with Gasteiger partial charge in [0.15, 0.2) is 0 Å². The van der Waals surface area contributed by atoms with E-state index in [1.807, 2.05) is 6.92 Å². The Morgan fingerprint density at radius 3 is 2.65 bits per heavy atom. The standard InChI is InChI=1S/C13H13BrF2N4/c1-2-3-12-19-11(17)6-13(20-12)18-10-5-8(15)7(14)4-9(10)16/h4-6H,2-3H2,1H3,(H3,17,18,19,20). The summed E-state index contributed by atoms with van der Waals surface area (Å²) in [6, 6.07) is 3.57. The summed E-state index contributed by atoms with van der Waals surface area (Å²) in [6.45, 7) is 1.99. The molecule has 1 heterocycles. The molecule has 7 heteroatoms. The molecular weight excluding hydrogens is 330 g/mol. The van der Waals surface area contributed by atoms with E-state index in [1.165, 1.54) is 6.07 Å². The Morgan fingerprint density at radius 2 is 1.95 bits per heavy atom. The number of hydrogen-bond acceptors (Lipinski definition) is 4. The number of anilines is 3. The quantitative estimate of drug-likeness (QED) is 0.829. The number of rotatable bonds is 4. The Morgan fingerprint density at radius 1 is 1.20 bits per heavy atom. The van der Waals surface area contributed by atoms with Crippen molar-refractivity contribution in [1.82, 2.24) is 9.97 Å². The van der Waals surface area contributed by atoms with Gasteiger partial charge in [-0.2, -0.15) is 0 Å². The van der Waals surface area contributed by atoms with Gasteiger partial charge in [0, 0.05) is 18.6 Å². The zero-order chi connectivity index (χ0) is 14.7. The Hall–Kier alpha value is -1.76. The van der Waals surface area contributed by atoms with E-state index in [0.717, 1.165) is 18.6 Å². The van der Waals surface area contributed by atoms with Gasteiger partial charge in [0.1, 0.15) is 29.1 Å². The molecule has 0 unspecified atom stereocenters. The van der Waals surface area contributed by atoms with Gasteiger partial charge in [-0.3, -0.25) is 0 Å². The highest BCUT2D eigenvalue weighted by Crippen LogP contribution is 2.25. The number of benzene rings is 1. The molecule has 1 aromatic heterocycles. The summed E-state index contributed by atoms with van der Waals surface area (Å²) >= 11 is 2.92. The Bertz CT molecular complexity index is 634. The monoisotopic (exact) mass is 342 g/mol. The Kier molecular flexibility index (Phi) is 4.49. The van der Waals surface area contributed by atoms with Crippen LogP contribution in [0.2, 0.25) is 0 Å². The van der Waals surface area contributed by atoms with Crippen LogP contribution >= 0.6 is 15.9 Å². The molecule has 0 amide bonds. The average molecular weight is 343 g/mol. The van der Waals surface area contributed by atoms with Crippen LogP contribution in [0.4, 0.5) is 26.1 Å². The van der Waals surface area contributed by atoms with Gasteiger partial charge in [0.25, 0.3) is 0 Å². The largest absolute Gasteiger partial charge is 0.384 e. The van der Waals surface area contributed by atoms with Crippen molar-refractivity contribution in [2.24, 2.45) is 0 Å². The summed E-state index contributed by atoms with van der Waals surface area (Å²) in [6.07, 6.45) is 1.53. The number of hydrogen-bond donors (Lipinski definition) is 2. The topological polar surface area (TPSA) is 63.8 Å². The molecule has 1 aromatic carbocycles. The van der Waals surface area contributed by atoms with Crippen LogP contribution in [0, 0.1) is 11.6 Å². The zero-order valence-corrected chi connectivity index (χ0v) is 12.3. The van der Waals surface area contributed by atoms with Gasteiger partial charge in [-0.25, -0.2) is 18.7 Å². The molecule has 0 radical (unpaired) electrons. The Balaban J connectivity index is 2.32. The smallest absolute Gasteiger partial charge is 0.148 e. The minimum Gasteiger partial charge on any atom is -0.384 e. The van der Waals surface area contributed by atoms with Crippen LogP contribution in [0.3, 0.4) is 0 Å². The summed E-state index contributed by atoms with van der Waals surface area (Å²) in [4.78, 5) is 8.28. The summed E-state index contributed by atoms with van der Waals surface area (Å²) < 4.78 is 27.2. The third kappa shape index (κ3) is 3.41. The number of aryl methyl sites for hydroxylation is 1. The molecule has 0 atom stereocenters. The lowest BCUT2D eigenvalue weighted by molar-refractivity contribution is 0.597. The van der Waals surface area contributed by atoms with E-state index >= 15 is 0 Å². The molecule has 0 fully saturated rings. The molecule has 2 rings (SSSR count). The van der Waals surface area contributed by atoms with Gasteiger partial charge in [-0.15, -0.1) is 0 Å². The van der Waals surface area contributed by atoms with Crippen molar-refractivity contribution in [2.45, 2.75) is 19.8 Å². The molecule has 0 saturated carbocycles. The minimum atomic E-state index is -0.590. The fraction of sp³-hybridized carbons (Fsp3) is 0.231. The highest BCUT2D eigenvalue weighted by molar-refractivity contribution is 9.10. The highest BCUT2D eigenvalue weighted by atomic mass is 79.9. The van der Waals surface area contributed by atoms with Gasteiger partial charge in [-0.05, 0) is 28.4 Å². The Labute approximate surface area is 123 Å². The zero-order valence-electron chi connectivity index (χ0n) is 10.8. The predicted molar refractivity (Wildman–Crippen MR) is 77.8 cm³/mol. The van der Waals surface area contributed by atoms with Gasteiger partial charge < -0.3 is 11.1 Å². The molecular formula is C13H13BrF2N4. The fourth-order valence-electron chi connectivity index (χ4n) is 1.67. The molecule has 0 aliphatic heterocycles. The maximum atomic E-state index is 13.7. The van der Waals surface area contributed by atoms with Crippen LogP contribution in [-0.2, 0) is 6.42 Å². The third-order valence-electron chi connectivity index (χ3n) is 2.54. The molecule has 0 bridgehead atoms. The third-order valence-corrected chi connectivity index (χ3v) is 3.15. The number of nitrogens with one attached hydrogen (secondary N) is 1. The number of aromatic nitrogens is 2. The van der Waals surface area contributed by atoms with E-state index < -0.39 is 11.6 Å². The molecule has 0 aliphatic carbocycles. The normalized spacial score (nSPS) is 10.6. The van der Waals surface area contributed by atoms with Crippen molar-refractivity contribution in [3.8, 4) is 0 Å². The van der Waals surface area contributed by atoms with Crippen LogP contribution in [0.15, 0.2) is 22.7 Å². The van der Waals surface area contributed by atoms with Crippen molar-refractivity contribution in [2.75, 3.05) is 11.1 Å². The first-order valence-corrected chi connectivity index (χ1v) is 6.84. The summed E-state index contributed by atoms with van der Waals surface area (Å²) in [5.74, 6) is 0.0238. The van der Waals surface area contributed by atoms with E-state index in [9.17, 15) is 8.78 Å². The van der Waals surface area contributed by atoms with Crippen molar-refractivity contribution in [3.63, 3.8) is 0 Å². The van der Waals surface area contributed by atoms with Gasteiger partial charge in [0.05, 0.1) is 10.2 Å². The lowest BCUT2D eigenvalue weighted by Crippen LogP contribution is -2.04. The maximum Gasteiger partial charge on any atom is 0.148 e. The van der Waals surface area contributed by atoms with Gasteiger partial charge >= 0.3 is 0 Å². The molecule has 0 spiro atoms. The molecule has 3 N–H and O–H groups in total. The van der Waals surface area contributed by atoms with Crippen LogP contribution in [0.25, 0.3) is 0 Å².